The number of nitrogens with one attached hydrogen (secondary N) is 1. The van der Waals surface area contributed by atoms with Crippen LogP contribution in [-0.2, 0) is 0 Å². The largest absolute Gasteiger partial charge is 0.465 e. The second-order valence-electron chi connectivity index (χ2n) is 7.87. The van der Waals surface area contributed by atoms with Crippen LogP contribution in [0.3, 0.4) is 0 Å². The zero-order valence-corrected chi connectivity index (χ0v) is 16.7. The summed E-state index contributed by atoms with van der Waals surface area (Å²) in [5.41, 5.74) is 6.84. The van der Waals surface area contributed by atoms with E-state index < -0.39 is 0 Å². The number of hydrogen-bond donors (Lipinski definition) is 1. The molecule has 4 nitrogen and oxygen atoms in total. The molecule has 4 heteroatoms. The molecule has 1 aliphatic carbocycles. The van der Waals surface area contributed by atoms with Crippen LogP contribution >= 0.6 is 0 Å². The number of nitrogens with zero attached hydrogens (tertiary/aromatic N) is 2. The highest BCUT2D eigenvalue weighted by Crippen LogP contribution is 2.41. The summed E-state index contributed by atoms with van der Waals surface area (Å²) < 4.78 is 5.37. The van der Waals surface area contributed by atoms with Crippen molar-refractivity contribution < 1.29 is 9.32 Å². The summed E-state index contributed by atoms with van der Waals surface area (Å²) in [5.74, 6) is 0.863. The lowest BCUT2D eigenvalue weighted by atomic mass is 10.0. The third-order valence-corrected chi connectivity index (χ3v) is 5.96. The molecule has 0 unspecified atom stereocenters. The number of allylic oxidation sites excluding steroid dienone is 1. The van der Waals surface area contributed by atoms with Crippen molar-refractivity contribution >= 4 is 12.3 Å². The summed E-state index contributed by atoms with van der Waals surface area (Å²) in [6.45, 7) is 6.18. The number of furan rings is 1. The molecule has 1 aliphatic heterocycles. The molecule has 29 heavy (non-hydrogen) atoms. The Morgan fingerprint density at radius 3 is 2.24 bits per heavy atom. The molecule has 1 N–H and O–H groups in total. The first kappa shape index (κ1) is 18.0. The van der Waals surface area contributed by atoms with E-state index in [0.29, 0.717) is 6.04 Å². The van der Waals surface area contributed by atoms with E-state index in [1.807, 2.05) is 24.4 Å². The van der Waals surface area contributed by atoms with Gasteiger partial charge in [0.05, 0.1) is 38.7 Å². The van der Waals surface area contributed by atoms with E-state index in [1.54, 1.807) is 11.2 Å². The van der Waals surface area contributed by atoms with E-state index in [2.05, 4.69) is 60.5 Å². The van der Waals surface area contributed by atoms with Crippen LogP contribution in [0.5, 0.6) is 0 Å². The Balaban J connectivity index is 1.28. The van der Waals surface area contributed by atoms with Crippen molar-refractivity contribution in [1.29, 1.82) is 0 Å². The summed E-state index contributed by atoms with van der Waals surface area (Å²) in [7, 11) is 0. The van der Waals surface area contributed by atoms with E-state index in [0.717, 1.165) is 37.5 Å². The molecule has 1 fully saturated rings. The second kappa shape index (κ2) is 7.72. The van der Waals surface area contributed by atoms with Crippen molar-refractivity contribution in [3.8, 4) is 11.1 Å². The minimum atomic E-state index is 0.439. The second-order valence-corrected chi connectivity index (χ2v) is 7.87. The van der Waals surface area contributed by atoms with E-state index in [1.165, 1.54) is 22.3 Å². The van der Waals surface area contributed by atoms with Gasteiger partial charge >= 0.3 is 0 Å². The first-order valence-electron chi connectivity index (χ1n) is 10.3. The number of rotatable bonds is 4. The van der Waals surface area contributed by atoms with Gasteiger partial charge in [0.25, 0.3) is 0 Å². The highest BCUT2D eigenvalue weighted by molar-refractivity contribution is 5.83. The van der Waals surface area contributed by atoms with Gasteiger partial charge < -0.3 is 9.32 Å². The molecule has 0 saturated carbocycles. The molecular formula is C25H26N3O+. The standard InChI is InChI=1S/C25H25N3O/c1-19(17-20-7-6-16-29-20)18-26-28-14-12-27(13-15-28)25-23-10-4-2-8-21(23)22-9-3-5-11-24(22)25/h2-11,16-18,25H,12-15H2,1H3/p+1/b19-17+,26-18-. The molecule has 2 heterocycles. The van der Waals surface area contributed by atoms with Crippen LogP contribution < -0.4 is 4.90 Å². The van der Waals surface area contributed by atoms with Crippen LogP contribution in [0.15, 0.2) is 82.0 Å². The molecule has 0 atom stereocenters. The molecule has 2 aromatic carbocycles. The Morgan fingerprint density at radius 2 is 1.62 bits per heavy atom. The van der Waals surface area contributed by atoms with Gasteiger partial charge in [0, 0.05) is 11.1 Å². The number of hydrazone groups is 1. The average molecular weight is 385 g/mol. The Bertz CT molecular complexity index is 998. The summed E-state index contributed by atoms with van der Waals surface area (Å²) in [6.07, 6.45) is 5.64. The Hall–Kier alpha value is -3.11. The first-order chi connectivity index (χ1) is 14.3. The molecule has 0 radical (unpaired) electrons. The minimum absolute atomic E-state index is 0.439. The predicted octanol–water partition coefficient (Wildman–Crippen LogP) is 3.64. The average Bonchev–Trinajstić information content (AvgIpc) is 3.38. The first-order valence-corrected chi connectivity index (χ1v) is 10.3. The van der Waals surface area contributed by atoms with Gasteiger partial charge in [0.15, 0.2) is 0 Å². The molecule has 0 bridgehead atoms. The van der Waals surface area contributed by atoms with Gasteiger partial charge in [0.2, 0.25) is 0 Å². The SMILES string of the molecule is CC(/C=N\N1CC[NH+](C2c3ccccc3-c3ccccc32)CC1)=C\c1ccco1. The fourth-order valence-corrected chi connectivity index (χ4v) is 4.59. The van der Waals surface area contributed by atoms with Crippen LogP contribution in [0.1, 0.15) is 29.9 Å². The van der Waals surface area contributed by atoms with Crippen molar-refractivity contribution in [2.45, 2.75) is 13.0 Å². The van der Waals surface area contributed by atoms with Crippen molar-refractivity contribution in [1.82, 2.24) is 5.01 Å². The Morgan fingerprint density at radius 1 is 0.966 bits per heavy atom. The molecule has 146 valence electrons. The topological polar surface area (TPSA) is 33.2 Å². The Kier molecular flexibility index (Phi) is 4.78. The van der Waals surface area contributed by atoms with Crippen LogP contribution in [0.4, 0.5) is 0 Å². The van der Waals surface area contributed by atoms with Gasteiger partial charge in [-0.05, 0) is 41.8 Å². The number of piperazine rings is 1. The quantitative estimate of drug-likeness (QED) is 0.697. The number of benzene rings is 2. The van der Waals surface area contributed by atoms with Crippen molar-refractivity contribution in [2.24, 2.45) is 5.10 Å². The van der Waals surface area contributed by atoms with Gasteiger partial charge in [-0.1, -0.05) is 48.5 Å². The van der Waals surface area contributed by atoms with E-state index in [-0.39, 0.29) is 0 Å². The number of hydrogen-bond acceptors (Lipinski definition) is 3. The van der Waals surface area contributed by atoms with Crippen LogP contribution in [0.2, 0.25) is 0 Å². The van der Waals surface area contributed by atoms with E-state index >= 15 is 0 Å². The zero-order chi connectivity index (χ0) is 19.6. The van der Waals surface area contributed by atoms with Crippen LogP contribution in [0.25, 0.3) is 17.2 Å². The van der Waals surface area contributed by atoms with Crippen molar-refractivity contribution in [3.05, 3.63) is 89.4 Å². The third kappa shape index (κ3) is 3.52. The summed E-state index contributed by atoms with van der Waals surface area (Å²) in [5, 5.41) is 6.89. The highest BCUT2D eigenvalue weighted by Gasteiger charge is 2.37. The van der Waals surface area contributed by atoms with Crippen molar-refractivity contribution in [2.75, 3.05) is 26.2 Å². The van der Waals surface area contributed by atoms with Crippen LogP contribution in [0, 0.1) is 0 Å². The van der Waals surface area contributed by atoms with Crippen LogP contribution in [-0.4, -0.2) is 37.4 Å². The van der Waals surface area contributed by atoms with Crippen molar-refractivity contribution in [3.63, 3.8) is 0 Å². The lowest BCUT2D eigenvalue weighted by Crippen LogP contribution is -3.14. The van der Waals surface area contributed by atoms with Gasteiger partial charge in [-0.3, -0.25) is 5.01 Å². The number of fused-ring (bicyclic) bond motifs is 3. The minimum Gasteiger partial charge on any atom is -0.465 e. The smallest absolute Gasteiger partial charge is 0.140 e. The van der Waals surface area contributed by atoms with Gasteiger partial charge in [-0.2, -0.15) is 5.10 Å². The molecule has 2 aliphatic rings. The van der Waals surface area contributed by atoms with Gasteiger partial charge in [-0.15, -0.1) is 0 Å². The van der Waals surface area contributed by atoms with E-state index in [9.17, 15) is 0 Å². The molecule has 3 aromatic rings. The summed E-state index contributed by atoms with van der Waals surface area (Å²) in [6, 6.07) is 22.1. The lowest BCUT2D eigenvalue weighted by Gasteiger charge is -2.34. The molecule has 1 saturated heterocycles. The number of quaternary nitrogens is 1. The van der Waals surface area contributed by atoms with E-state index in [4.69, 9.17) is 9.52 Å². The molecule has 0 spiro atoms. The molecular weight excluding hydrogens is 358 g/mol. The fraction of sp³-hybridized carbons (Fsp3) is 0.240. The summed E-state index contributed by atoms with van der Waals surface area (Å²) >= 11 is 0. The van der Waals surface area contributed by atoms with Gasteiger partial charge in [-0.25, -0.2) is 0 Å². The maximum Gasteiger partial charge on any atom is 0.140 e. The maximum absolute atomic E-state index is 5.37. The fourth-order valence-electron chi connectivity index (χ4n) is 4.59. The third-order valence-electron chi connectivity index (χ3n) is 5.96. The zero-order valence-electron chi connectivity index (χ0n) is 16.7. The molecule has 5 rings (SSSR count). The monoisotopic (exact) mass is 384 g/mol. The Labute approximate surface area is 171 Å². The maximum atomic E-state index is 5.37. The highest BCUT2D eigenvalue weighted by atomic mass is 16.3. The molecule has 1 aromatic heterocycles. The van der Waals surface area contributed by atoms with Gasteiger partial charge in [0.1, 0.15) is 11.8 Å². The molecule has 0 amide bonds. The summed E-state index contributed by atoms with van der Waals surface area (Å²) in [4.78, 5) is 1.64. The lowest BCUT2D eigenvalue weighted by molar-refractivity contribution is -0.929. The predicted molar refractivity (Wildman–Crippen MR) is 117 cm³/mol. The normalized spacial score (nSPS) is 17.7.